The van der Waals surface area contributed by atoms with E-state index in [-0.39, 0.29) is 0 Å². The van der Waals surface area contributed by atoms with Gasteiger partial charge in [0.25, 0.3) is 0 Å². The second-order valence-corrected chi connectivity index (χ2v) is 8.82. The SMILES string of the molecule is Cc1c(Br)cccc1NC1CCCc2sc(I)cc21. The number of rotatable bonds is 2. The molecular weight excluding hydrogens is 433 g/mol. The molecule has 3 rings (SSSR count). The lowest BCUT2D eigenvalue weighted by molar-refractivity contribution is 0.608. The van der Waals surface area contributed by atoms with Gasteiger partial charge in [-0.15, -0.1) is 11.3 Å². The second-order valence-electron chi connectivity index (χ2n) is 4.93. The third-order valence-corrected chi connectivity index (χ3v) is 6.51. The van der Waals surface area contributed by atoms with Gasteiger partial charge in [-0.25, -0.2) is 0 Å². The van der Waals surface area contributed by atoms with Crippen LogP contribution in [0.5, 0.6) is 0 Å². The Morgan fingerprint density at radius 2 is 2.26 bits per heavy atom. The average Bonchev–Trinajstić information content (AvgIpc) is 2.76. The third kappa shape index (κ3) is 2.85. The summed E-state index contributed by atoms with van der Waals surface area (Å²) in [5.41, 5.74) is 4.05. The maximum absolute atomic E-state index is 3.73. The van der Waals surface area contributed by atoms with Gasteiger partial charge in [0.15, 0.2) is 0 Å². The number of anilines is 1. The molecule has 1 unspecified atom stereocenters. The topological polar surface area (TPSA) is 12.0 Å². The summed E-state index contributed by atoms with van der Waals surface area (Å²) in [6.45, 7) is 2.16. The van der Waals surface area contributed by atoms with E-state index in [1.54, 1.807) is 4.88 Å². The highest BCUT2D eigenvalue weighted by Crippen LogP contribution is 2.39. The van der Waals surface area contributed by atoms with Crippen LogP contribution in [-0.4, -0.2) is 0 Å². The fourth-order valence-corrected chi connectivity index (χ4v) is 5.11. The second kappa shape index (κ2) is 5.74. The van der Waals surface area contributed by atoms with Crippen LogP contribution in [0.2, 0.25) is 0 Å². The first-order valence-corrected chi connectivity index (χ1v) is 9.13. The molecule has 1 aliphatic rings. The summed E-state index contributed by atoms with van der Waals surface area (Å²) in [5, 5.41) is 3.73. The van der Waals surface area contributed by atoms with Crippen molar-refractivity contribution in [2.45, 2.75) is 32.2 Å². The number of nitrogens with one attached hydrogen (secondary N) is 1. The zero-order valence-corrected chi connectivity index (χ0v) is 15.2. The molecule has 1 aromatic heterocycles. The Morgan fingerprint density at radius 3 is 3.11 bits per heavy atom. The van der Waals surface area contributed by atoms with E-state index >= 15 is 0 Å². The lowest BCUT2D eigenvalue weighted by Gasteiger charge is -2.25. The van der Waals surface area contributed by atoms with Crippen LogP contribution in [0.3, 0.4) is 0 Å². The Morgan fingerprint density at radius 1 is 1.42 bits per heavy atom. The first-order chi connectivity index (χ1) is 9.15. The summed E-state index contributed by atoms with van der Waals surface area (Å²) in [5.74, 6) is 0. The summed E-state index contributed by atoms with van der Waals surface area (Å²) in [4.78, 5) is 1.57. The van der Waals surface area contributed by atoms with Crippen molar-refractivity contribution < 1.29 is 0 Å². The zero-order chi connectivity index (χ0) is 13.4. The summed E-state index contributed by atoms with van der Waals surface area (Å²) >= 11 is 7.99. The van der Waals surface area contributed by atoms with Gasteiger partial charge in [-0.3, -0.25) is 0 Å². The summed E-state index contributed by atoms with van der Waals surface area (Å²) in [6.07, 6.45) is 3.76. The van der Waals surface area contributed by atoms with Gasteiger partial charge >= 0.3 is 0 Å². The molecule has 1 aromatic carbocycles. The first-order valence-electron chi connectivity index (χ1n) is 6.45. The summed E-state index contributed by atoms with van der Waals surface area (Å²) in [7, 11) is 0. The van der Waals surface area contributed by atoms with Crippen LogP contribution in [0.4, 0.5) is 5.69 Å². The van der Waals surface area contributed by atoms with Gasteiger partial charge < -0.3 is 5.32 Å². The van der Waals surface area contributed by atoms with Crippen LogP contribution in [0.15, 0.2) is 28.7 Å². The van der Waals surface area contributed by atoms with E-state index in [0.717, 1.165) is 0 Å². The normalized spacial score (nSPS) is 18.2. The Labute approximate surface area is 140 Å². The largest absolute Gasteiger partial charge is 0.378 e. The number of hydrogen-bond donors (Lipinski definition) is 1. The van der Waals surface area contributed by atoms with E-state index in [4.69, 9.17) is 0 Å². The number of benzene rings is 1. The van der Waals surface area contributed by atoms with Crippen molar-refractivity contribution in [1.29, 1.82) is 0 Å². The number of hydrogen-bond acceptors (Lipinski definition) is 2. The van der Waals surface area contributed by atoms with E-state index in [1.165, 1.54) is 43.4 Å². The van der Waals surface area contributed by atoms with E-state index < -0.39 is 0 Å². The van der Waals surface area contributed by atoms with Crippen molar-refractivity contribution in [1.82, 2.24) is 0 Å². The number of halogens is 2. The minimum absolute atomic E-state index is 0.469. The molecule has 0 spiro atoms. The molecule has 0 fully saturated rings. The molecule has 1 heterocycles. The van der Waals surface area contributed by atoms with Gasteiger partial charge in [0.2, 0.25) is 0 Å². The standard InChI is InChI=1S/C15H15BrINS/c1-9-11(16)4-2-5-12(9)18-13-6-3-7-14-10(13)8-15(17)19-14/h2,4-5,8,13,18H,3,6-7H2,1H3. The Bertz CT molecular complexity index is 608. The molecule has 0 saturated heterocycles. The minimum atomic E-state index is 0.469. The molecule has 0 aliphatic heterocycles. The van der Waals surface area contributed by atoms with Gasteiger partial charge in [-0.05, 0) is 78.1 Å². The molecule has 100 valence electrons. The molecule has 1 aliphatic carbocycles. The highest BCUT2D eigenvalue weighted by atomic mass is 127. The van der Waals surface area contributed by atoms with Crippen molar-refractivity contribution in [2.24, 2.45) is 0 Å². The number of thiophene rings is 1. The van der Waals surface area contributed by atoms with Gasteiger partial charge in [0.05, 0.1) is 8.93 Å². The van der Waals surface area contributed by atoms with Gasteiger partial charge in [0.1, 0.15) is 0 Å². The summed E-state index contributed by atoms with van der Waals surface area (Å²) in [6, 6.07) is 9.19. The monoisotopic (exact) mass is 447 g/mol. The quantitative estimate of drug-likeness (QED) is 0.564. The van der Waals surface area contributed by atoms with Crippen LogP contribution in [0.1, 0.15) is 34.9 Å². The predicted octanol–water partition coefficient (Wildman–Crippen LogP) is 5.91. The van der Waals surface area contributed by atoms with Crippen LogP contribution in [-0.2, 0) is 6.42 Å². The third-order valence-electron chi connectivity index (χ3n) is 3.68. The Balaban J connectivity index is 1.90. The molecule has 2 aromatic rings. The van der Waals surface area contributed by atoms with Crippen molar-refractivity contribution in [3.8, 4) is 0 Å². The lowest BCUT2D eigenvalue weighted by Crippen LogP contribution is -2.16. The number of fused-ring (bicyclic) bond motifs is 1. The molecule has 4 heteroatoms. The lowest BCUT2D eigenvalue weighted by atomic mass is 9.93. The van der Waals surface area contributed by atoms with Crippen LogP contribution < -0.4 is 5.32 Å². The molecule has 1 atom stereocenters. The summed E-state index contributed by atoms with van der Waals surface area (Å²) < 4.78 is 2.58. The maximum atomic E-state index is 3.73. The molecule has 0 radical (unpaired) electrons. The maximum Gasteiger partial charge on any atom is 0.0660 e. The fraction of sp³-hybridized carbons (Fsp3) is 0.333. The molecule has 19 heavy (non-hydrogen) atoms. The van der Waals surface area contributed by atoms with E-state index in [9.17, 15) is 0 Å². The molecule has 0 amide bonds. The smallest absolute Gasteiger partial charge is 0.0660 e. The molecule has 0 bridgehead atoms. The highest BCUT2D eigenvalue weighted by molar-refractivity contribution is 14.1. The van der Waals surface area contributed by atoms with Crippen LogP contribution in [0.25, 0.3) is 0 Å². The van der Waals surface area contributed by atoms with Gasteiger partial charge in [-0.2, -0.15) is 0 Å². The highest BCUT2D eigenvalue weighted by Gasteiger charge is 2.22. The zero-order valence-electron chi connectivity index (χ0n) is 10.7. The van der Waals surface area contributed by atoms with Gasteiger partial charge in [-0.1, -0.05) is 22.0 Å². The minimum Gasteiger partial charge on any atom is -0.378 e. The average molecular weight is 448 g/mol. The van der Waals surface area contributed by atoms with E-state index in [0.29, 0.717) is 6.04 Å². The van der Waals surface area contributed by atoms with Crippen molar-refractivity contribution >= 4 is 55.5 Å². The number of aryl methyl sites for hydroxylation is 1. The van der Waals surface area contributed by atoms with E-state index in [1.807, 2.05) is 11.3 Å². The van der Waals surface area contributed by atoms with Crippen molar-refractivity contribution in [3.05, 3.63) is 47.6 Å². The Hall–Kier alpha value is -0.0700. The predicted molar refractivity (Wildman–Crippen MR) is 95.2 cm³/mol. The van der Waals surface area contributed by atoms with Crippen LogP contribution >= 0.6 is 49.9 Å². The molecule has 1 nitrogen and oxygen atoms in total. The molecule has 1 N–H and O–H groups in total. The molecular formula is C15H15BrINS. The molecule has 0 saturated carbocycles. The van der Waals surface area contributed by atoms with Crippen LogP contribution in [0, 0.1) is 9.81 Å². The van der Waals surface area contributed by atoms with Crippen molar-refractivity contribution in [3.63, 3.8) is 0 Å². The Kier molecular flexibility index (Phi) is 4.19. The first kappa shape index (κ1) is 13.9. The van der Waals surface area contributed by atoms with E-state index in [2.05, 4.69) is 75.0 Å². The van der Waals surface area contributed by atoms with Gasteiger partial charge in [0, 0.05) is 15.0 Å². The fourth-order valence-electron chi connectivity index (χ4n) is 2.62. The van der Waals surface area contributed by atoms with Crippen molar-refractivity contribution in [2.75, 3.05) is 5.32 Å².